The summed E-state index contributed by atoms with van der Waals surface area (Å²) in [5.41, 5.74) is 0.363. The molecule has 118 valence electrons. The van der Waals surface area contributed by atoms with Crippen LogP contribution >= 0.6 is 11.6 Å². The van der Waals surface area contributed by atoms with Crippen molar-refractivity contribution >= 4 is 33.2 Å². The third-order valence-corrected chi connectivity index (χ3v) is 4.51. The average molecular weight is 337 g/mol. The molecule has 0 saturated heterocycles. The summed E-state index contributed by atoms with van der Waals surface area (Å²) in [7, 11) is -3.36. The molecule has 0 radical (unpaired) electrons. The molecule has 1 N–H and O–H groups in total. The number of anilines is 1. The first kappa shape index (κ1) is 17.9. The minimum atomic E-state index is -3.36. The summed E-state index contributed by atoms with van der Waals surface area (Å²) >= 11 is 5.61. The zero-order valence-corrected chi connectivity index (χ0v) is 13.6. The van der Waals surface area contributed by atoms with Crippen LogP contribution in [0.1, 0.15) is 20.3 Å². The van der Waals surface area contributed by atoms with Crippen molar-refractivity contribution in [3.63, 3.8) is 0 Å². The van der Waals surface area contributed by atoms with Gasteiger partial charge in [0.1, 0.15) is 5.82 Å². The topological polar surface area (TPSA) is 66.5 Å². The number of amides is 1. The maximum Gasteiger partial charge on any atom is 0.225 e. The molecule has 0 bridgehead atoms. The van der Waals surface area contributed by atoms with Crippen LogP contribution in [0.2, 0.25) is 5.02 Å². The molecule has 0 unspecified atom stereocenters. The number of hydrogen-bond acceptors (Lipinski definition) is 3. The molecule has 0 fully saturated rings. The molecule has 0 aliphatic rings. The maximum atomic E-state index is 13.0. The third kappa shape index (κ3) is 5.61. The Hall–Kier alpha value is -1.18. The number of sulfonamides is 1. The van der Waals surface area contributed by atoms with E-state index < -0.39 is 15.8 Å². The van der Waals surface area contributed by atoms with E-state index in [0.29, 0.717) is 5.69 Å². The summed E-state index contributed by atoms with van der Waals surface area (Å²) in [5.74, 6) is -0.940. The predicted octanol–water partition coefficient (Wildman–Crippen LogP) is 2.48. The number of benzene rings is 1. The highest BCUT2D eigenvalue weighted by Crippen LogP contribution is 2.19. The average Bonchev–Trinajstić information content (AvgIpc) is 2.32. The van der Waals surface area contributed by atoms with Crippen LogP contribution in [-0.2, 0) is 14.8 Å². The second kappa shape index (κ2) is 7.20. The molecule has 0 atom stereocenters. The maximum absolute atomic E-state index is 13.0. The lowest BCUT2D eigenvalue weighted by atomic mass is 10.3. The standard InChI is InChI=1S/C13H18ClFN2O3S/c1-9(2)17(21(3,19)20)7-6-13(18)16-10-4-5-12(15)11(14)8-10/h4-5,8-9H,6-7H2,1-3H3,(H,16,18). The number of rotatable bonds is 6. The van der Waals surface area contributed by atoms with Crippen molar-refractivity contribution in [2.75, 3.05) is 18.1 Å². The van der Waals surface area contributed by atoms with Gasteiger partial charge in [-0.15, -0.1) is 0 Å². The van der Waals surface area contributed by atoms with Crippen LogP contribution in [0, 0.1) is 5.82 Å². The first-order valence-electron chi connectivity index (χ1n) is 6.33. The second-order valence-corrected chi connectivity index (χ2v) is 7.24. The van der Waals surface area contributed by atoms with E-state index in [1.807, 2.05) is 0 Å². The van der Waals surface area contributed by atoms with Crippen molar-refractivity contribution in [3.05, 3.63) is 29.0 Å². The van der Waals surface area contributed by atoms with Crippen molar-refractivity contribution in [1.82, 2.24) is 4.31 Å². The lowest BCUT2D eigenvalue weighted by molar-refractivity contribution is -0.116. The van der Waals surface area contributed by atoms with Gasteiger partial charge in [-0.05, 0) is 32.0 Å². The summed E-state index contributed by atoms with van der Waals surface area (Å²) in [6.45, 7) is 3.55. The van der Waals surface area contributed by atoms with Crippen molar-refractivity contribution in [2.24, 2.45) is 0 Å². The van der Waals surface area contributed by atoms with Crippen LogP contribution in [0.25, 0.3) is 0 Å². The highest BCUT2D eigenvalue weighted by Gasteiger charge is 2.20. The van der Waals surface area contributed by atoms with Gasteiger partial charge in [0.2, 0.25) is 15.9 Å². The minimum absolute atomic E-state index is 0.000244. The lowest BCUT2D eigenvalue weighted by Gasteiger charge is -2.23. The van der Waals surface area contributed by atoms with Crippen LogP contribution in [0.3, 0.4) is 0 Å². The molecule has 0 spiro atoms. The molecular weight excluding hydrogens is 319 g/mol. The van der Waals surface area contributed by atoms with Crippen molar-refractivity contribution in [1.29, 1.82) is 0 Å². The zero-order chi connectivity index (χ0) is 16.2. The molecule has 1 aromatic carbocycles. The smallest absolute Gasteiger partial charge is 0.225 e. The lowest BCUT2D eigenvalue weighted by Crippen LogP contribution is -2.38. The fourth-order valence-electron chi connectivity index (χ4n) is 1.82. The van der Waals surface area contributed by atoms with Crippen LogP contribution in [0.5, 0.6) is 0 Å². The van der Waals surface area contributed by atoms with Crippen molar-refractivity contribution < 1.29 is 17.6 Å². The molecule has 1 rings (SSSR count). The monoisotopic (exact) mass is 336 g/mol. The van der Waals surface area contributed by atoms with E-state index in [1.165, 1.54) is 16.4 Å². The van der Waals surface area contributed by atoms with Gasteiger partial charge >= 0.3 is 0 Å². The Morgan fingerprint density at radius 2 is 2.05 bits per heavy atom. The van der Waals surface area contributed by atoms with E-state index in [4.69, 9.17) is 11.6 Å². The quantitative estimate of drug-likeness (QED) is 0.867. The van der Waals surface area contributed by atoms with E-state index in [0.717, 1.165) is 12.3 Å². The predicted molar refractivity (Wildman–Crippen MR) is 81.3 cm³/mol. The van der Waals surface area contributed by atoms with Crippen LogP contribution < -0.4 is 5.32 Å². The Morgan fingerprint density at radius 3 is 2.52 bits per heavy atom. The fraction of sp³-hybridized carbons (Fsp3) is 0.462. The normalized spacial score (nSPS) is 12.0. The second-order valence-electron chi connectivity index (χ2n) is 4.89. The van der Waals surface area contributed by atoms with Gasteiger partial charge < -0.3 is 5.32 Å². The fourth-order valence-corrected chi connectivity index (χ4v) is 3.19. The third-order valence-electron chi connectivity index (χ3n) is 2.76. The van der Waals surface area contributed by atoms with E-state index in [9.17, 15) is 17.6 Å². The molecule has 8 heteroatoms. The molecule has 21 heavy (non-hydrogen) atoms. The van der Waals surface area contributed by atoms with Gasteiger partial charge in [-0.3, -0.25) is 4.79 Å². The number of hydrogen-bond donors (Lipinski definition) is 1. The number of carbonyl (C=O) groups is 1. The van der Waals surface area contributed by atoms with E-state index in [-0.39, 0.29) is 29.9 Å². The van der Waals surface area contributed by atoms with Gasteiger partial charge in [0.05, 0.1) is 11.3 Å². The summed E-state index contributed by atoms with van der Waals surface area (Å²) in [6, 6.07) is 3.60. The number of nitrogens with one attached hydrogen (secondary N) is 1. The number of halogens is 2. The van der Waals surface area contributed by atoms with Crippen molar-refractivity contribution in [3.8, 4) is 0 Å². The zero-order valence-electron chi connectivity index (χ0n) is 12.1. The Bertz CT molecular complexity index is 620. The Balaban J connectivity index is 2.63. The number of carbonyl (C=O) groups excluding carboxylic acids is 1. The first-order valence-corrected chi connectivity index (χ1v) is 8.55. The molecule has 5 nitrogen and oxygen atoms in total. The molecule has 0 heterocycles. The Labute approximate surface area is 129 Å². The van der Waals surface area contributed by atoms with E-state index >= 15 is 0 Å². The molecule has 0 saturated carbocycles. The summed E-state index contributed by atoms with van der Waals surface area (Å²) < 4.78 is 37.4. The summed E-state index contributed by atoms with van der Waals surface area (Å²) in [4.78, 5) is 11.8. The van der Waals surface area contributed by atoms with Crippen LogP contribution in [0.15, 0.2) is 18.2 Å². The number of nitrogens with zero attached hydrogens (tertiary/aromatic N) is 1. The van der Waals surface area contributed by atoms with Crippen LogP contribution in [-0.4, -0.2) is 37.5 Å². The van der Waals surface area contributed by atoms with Gasteiger partial charge in [-0.1, -0.05) is 11.6 Å². The van der Waals surface area contributed by atoms with Gasteiger partial charge in [-0.25, -0.2) is 12.8 Å². The Kier molecular flexibility index (Phi) is 6.12. The van der Waals surface area contributed by atoms with Gasteiger partial charge in [0.15, 0.2) is 0 Å². The highest BCUT2D eigenvalue weighted by molar-refractivity contribution is 7.88. The van der Waals surface area contributed by atoms with Gasteiger partial charge in [-0.2, -0.15) is 4.31 Å². The molecule has 0 aliphatic heterocycles. The van der Waals surface area contributed by atoms with Gasteiger partial charge in [0.25, 0.3) is 0 Å². The largest absolute Gasteiger partial charge is 0.326 e. The van der Waals surface area contributed by atoms with Crippen LogP contribution in [0.4, 0.5) is 10.1 Å². The molecule has 1 amide bonds. The van der Waals surface area contributed by atoms with Crippen molar-refractivity contribution in [2.45, 2.75) is 26.3 Å². The van der Waals surface area contributed by atoms with E-state index in [1.54, 1.807) is 13.8 Å². The highest BCUT2D eigenvalue weighted by atomic mass is 35.5. The molecule has 0 aromatic heterocycles. The Morgan fingerprint density at radius 1 is 1.43 bits per heavy atom. The minimum Gasteiger partial charge on any atom is -0.326 e. The summed E-state index contributed by atoms with van der Waals surface area (Å²) in [6.07, 6.45) is 1.10. The molecular formula is C13H18ClFN2O3S. The van der Waals surface area contributed by atoms with E-state index in [2.05, 4.69) is 5.32 Å². The van der Waals surface area contributed by atoms with Gasteiger partial charge in [0, 0.05) is 24.7 Å². The summed E-state index contributed by atoms with van der Waals surface area (Å²) in [5, 5.41) is 2.45. The first-order chi connectivity index (χ1) is 9.61. The molecule has 1 aromatic rings. The SMILES string of the molecule is CC(C)N(CCC(=O)Nc1ccc(F)c(Cl)c1)S(C)(=O)=O. The molecule has 0 aliphatic carbocycles.